The van der Waals surface area contributed by atoms with Gasteiger partial charge in [-0.3, -0.25) is 5.41 Å². The van der Waals surface area contributed by atoms with Crippen molar-refractivity contribution < 1.29 is 4.74 Å². The predicted octanol–water partition coefficient (Wildman–Crippen LogP) is 2.29. The first-order valence-electron chi connectivity index (χ1n) is 5.37. The van der Waals surface area contributed by atoms with Gasteiger partial charge in [0.2, 0.25) is 0 Å². The molecular formula is C12H16N2O. The summed E-state index contributed by atoms with van der Waals surface area (Å²) >= 11 is 0. The molecule has 3 N–H and O–H groups in total. The van der Waals surface area contributed by atoms with Crippen molar-refractivity contribution in [3.8, 4) is 5.75 Å². The second-order valence-corrected chi connectivity index (χ2v) is 3.97. The maximum atomic E-state index is 7.34. The summed E-state index contributed by atoms with van der Waals surface area (Å²) in [6.07, 6.45) is 5.16. The molecule has 3 nitrogen and oxygen atoms in total. The van der Waals surface area contributed by atoms with E-state index in [1.165, 1.54) is 12.8 Å². The second kappa shape index (κ2) is 4.34. The first-order chi connectivity index (χ1) is 7.25. The zero-order valence-electron chi connectivity index (χ0n) is 8.70. The van der Waals surface area contributed by atoms with Crippen LogP contribution in [0, 0.1) is 5.41 Å². The Labute approximate surface area is 89.8 Å². The minimum atomic E-state index is 0.0897. The van der Waals surface area contributed by atoms with Crippen LogP contribution in [0.25, 0.3) is 0 Å². The Bertz CT molecular complexity index is 356. The molecule has 0 atom stereocenters. The lowest BCUT2D eigenvalue weighted by molar-refractivity contribution is 0.210. The number of nitrogens with two attached hydrogens (primary N) is 1. The van der Waals surface area contributed by atoms with Crippen molar-refractivity contribution in [3.63, 3.8) is 0 Å². The summed E-state index contributed by atoms with van der Waals surface area (Å²) in [5.74, 6) is 0.918. The highest BCUT2D eigenvalue weighted by Crippen LogP contribution is 2.24. The van der Waals surface area contributed by atoms with E-state index in [9.17, 15) is 0 Å². The summed E-state index contributed by atoms with van der Waals surface area (Å²) in [7, 11) is 0. The molecule has 1 aliphatic carbocycles. The van der Waals surface area contributed by atoms with Crippen LogP contribution < -0.4 is 10.5 Å². The number of rotatable bonds is 3. The summed E-state index contributed by atoms with van der Waals surface area (Å²) in [4.78, 5) is 0. The van der Waals surface area contributed by atoms with Crippen molar-refractivity contribution in [3.05, 3.63) is 29.8 Å². The van der Waals surface area contributed by atoms with E-state index in [1.54, 1.807) is 0 Å². The van der Waals surface area contributed by atoms with Crippen LogP contribution in [-0.4, -0.2) is 11.9 Å². The van der Waals surface area contributed by atoms with E-state index >= 15 is 0 Å². The fourth-order valence-electron chi connectivity index (χ4n) is 1.94. The van der Waals surface area contributed by atoms with Gasteiger partial charge in [0.1, 0.15) is 11.6 Å². The zero-order valence-corrected chi connectivity index (χ0v) is 8.70. The molecule has 1 saturated carbocycles. The van der Waals surface area contributed by atoms with Crippen molar-refractivity contribution in [1.29, 1.82) is 5.41 Å². The molecule has 1 fully saturated rings. The summed E-state index contributed by atoms with van der Waals surface area (Å²) in [6.45, 7) is 0. The van der Waals surface area contributed by atoms with Gasteiger partial charge in [-0.1, -0.05) is 12.1 Å². The second-order valence-electron chi connectivity index (χ2n) is 3.97. The fraction of sp³-hybridized carbons (Fsp3) is 0.417. The monoisotopic (exact) mass is 204 g/mol. The van der Waals surface area contributed by atoms with Crippen LogP contribution in [0.15, 0.2) is 24.3 Å². The van der Waals surface area contributed by atoms with E-state index in [0.29, 0.717) is 6.10 Å². The van der Waals surface area contributed by atoms with Crippen LogP contribution >= 0.6 is 0 Å². The van der Waals surface area contributed by atoms with Gasteiger partial charge in [0.05, 0.1) is 6.10 Å². The van der Waals surface area contributed by atoms with Gasteiger partial charge >= 0.3 is 0 Å². The van der Waals surface area contributed by atoms with Crippen molar-refractivity contribution >= 4 is 5.84 Å². The molecule has 1 aromatic carbocycles. The highest BCUT2D eigenvalue weighted by Gasteiger charge is 2.16. The lowest BCUT2D eigenvalue weighted by Crippen LogP contribution is -2.13. The Morgan fingerprint density at radius 3 is 2.73 bits per heavy atom. The van der Waals surface area contributed by atoms with Gasteiger partial charge in [-0.2, -0.15) is 0 Å². The molecule has 1 aromatic rings. The van der Waals surface area contributed by atoms with Gasteiger partial charge in [-0.15, -0.1) is 0 Å². The molecule has 0 bridgehead atoms. The van der Waals surface area contributed by atoms with Gasteiger partial charge < -0.3 is 10.5 Å². The maximum Gasteiger partial charge on any atom is 0.122 e. The van der Waals surface area contributed by atoms with E-state index < -0.39 is 0 Å². The Kier molecular flexibility index (Phi) is 2.90. The molecule has 0 spiro atoms. The van der Waals surface area contributed by atoms with Gasteiger partial charge in [0.25, 0.3) is 0 Å². The molecular weight excluding hydrogens is 188 g/mol. The van der Waals surface area contributed by atoms with Crippen molar-refractivity contribution in [2.75, 3.05) is 0 Å². The first kappa shape index (κ1) is 10.0. The molecule has 0 amide bonds. The van der Waals surface area contributed by atoms with Crippen molar-refractivity contribution in [2.24, 2.45) is 5.73 Å². The van der Waals surface area contributed by atoms with E-state index in [-0.39, 0.29) is 5.84 Å². The Hall–Kier alpha value is -1.51. The SMILES string of the molecule is N=C(N)c1cccc(OC2CCCC2)c1. The van der Waals surface area contributed by atoms with E-state index in [4.69, 9.17) is 15.9 Å². The number of nitrogens with one attached hydrogen (secondary N) is 1. The third-order valence-corrected chi connectivity index (χ3v) is 2.75. The van der Waals surface area contributed by atoms with Crippen LogP contribution in [0.4, 0.5) is 0 Å². The van der Waals surface area contributed by atoms with E-state index in [0.717, 1.165) is 24.2 Å². The number of amidine groups is 1. The minimum Gasteiger partial charge on any atom is -0.490 e. The third-order valence-electron chi connectivity index (χ3n) is 2.75. The van der Waals surface area contributed by atoms with Gasteiger partial charge in [0, 0.05) is 5.56 Å². The normalized spacial score (nSPS) is 16.5. The quantitative estimate of drug-likeness (QED) is 0.586. The van der Waals surface area contributed by atoms with Crippen LogP contribution in [0.5, 0.6) is 5.75 Å². The van der Waals surface area contributed by atoms with E-state index in [2.05, 4.69) is 0 Å². The highest BCUT2D eigenvalue weighted by molar-refractivity contribution is 5.95. The lowest BCUT2D eigenvalue weighted by atomic mass is 10.2. The average Bonchev–Trinajstić information content (AvgIpc) is 2.71. The Morgan fingerprint density at radius 2 is 2.07 bits per heavy atom. The number of hydrogen-bond acceptors (Lipinski definition) is 2. The summed E-state index contributed by atoms with van der Waals surface area (Å²) in [5, 5.41) is 7.34. The lowest BCUT2D eigenvalue weighted by Gasteiger charge is -2.13. The van der Waals surface area contributed by atoms with Crippen LogP contribution in [-0.2, 0) is 0 Å². The molecule has 3 heteroatoms. The fourth-order valence-corrected chi connectivity index (χ4v) is 1.94. The van der Waals surface area contributed by atoms with Crippen LogP contribution in [0.1, 0.15) is 31.2 Å². The minimum absolute atomic E-state index is 0.0897. The predicted molar refractivity (Wildman–Crippen MR) is 60.3 cm³/mol. The molecule has 0 radical (unpaired) electrons. The largest absolute Gasteiger partial charge is 0.490 e. The standard InChI is InChI=1S/C12H16N2O/c13-12(14)9-4-3-7-11(8-9)15-10-5-1-2-6-10/h3-4,7-8,10H,1-2,5-6H2,(H3,13,14). The van der Waals surface area contributed by atoms with Crippen molar-refractivity contribution in [1.82, 2.24) is 0 Å². The van der Waals surface area contributed by atoms with Crippen LogP contribution in [0.2, 0.25) is 0 Å². The van der Waals surface area contributed by atoms with Gasteiger partial charge in [-0.25, -0.2) is 0 Å². The van der Waals surface area contributed by atoms with Gasteiger partial charge in [0.15, 0.2) is 0 Å². The Balaban J connectivity index is 2.07. The van der Waals surface area contributed by atoms with Crippen molar-refractivity contribution in [2.45, 2.75) is 31.8 Å². The molecule has 0 aromatic heterocycles. The zero-order chi connectivity index (χ0) is 10.7. The molecule has 0 aliphatic heterocycles. The molecule has 0 unspecified atom stereocenters. The smallest absolute Gasteiger partial charge is 0.122 e. The number of benzene rings is 1. The first-order valence-corrected chi connectivity index (χ1v) is 5.37. The maximum absolute atomic E-state index is 7.34. The summed E-state index contributed by atoms with van der Waals surface area (Å²) in [6, 6.07) is 7.45. The van der Waals surface area contributed by atoms with E-state index in [1.807, 2.05) is 24.3 Å². The molecule has 0 saturated heterocycles. The Morgan fingerprint density at radius 1 is 1.33 bits per heavy atom. The number of nitrogen functional groups attached to an aromatic ring is 1. The molecule has 2 rings (SSSR count). The third kappa shape index (κ3) is 2.49. The topological polar surface area (TPSA) is 59.1 Å². The summed E-state index contributed by atoms with van der Waals surface area (Å²) < 4.78 is 5.81. The average molecular weight is 204 g/mol. The molecule has 80 valence electrons. The number of hydrogen-bond donors (Lipinski definition) is 2. The number of ether oxygens (including phenoxy) is 1. The van der Waals surface area contributed by atoms with Gasteiger partial charge in [-0.05, 0) is 37.8 Å². The summed E-state index contributed by atoms with van der Waals surface area (Å²) in [5.41, 5.74) is 6.15. The molecule has 15 heavy (non-hydrogen) atoms. The molecule has 0 heterocycles. The van der Waals surface area contributed by atoms with Crippen LogP contribution in [0.3, 0.4) is 0 Å². The molecule has 1 aliphatic rings. The highest BCUT2D eigenvalue weighted by atomic mass is 16.5.